The zero-order valence-electron chi connectivity index (χ0n) is 14.7. The molecule has 0 bridgehead atoms. The molecule has 2 aromatic carbocycles. The Morgan fingerprint density at radius 3 is 2.41 bits per heavy atom. The second-order valence-corrected chi connectivity index (χ2v) is 6.27. The van der Waals surface area contributed by atoms with Gasteiger partial charge in [-0.25, -0.2) is 0 Å². The molecule has 138 valence electrons. The lowest BCUT2D eigenvalue weighted by Gasteiger charge is -2.26. The third kappa shape index (κ3) is 3.44. The summed E-state index contributed by atoms with van der Waals surface area (Å²) in [7, 11) is 0. The molecule has 0 unspecified atom stereocenters. The molecule has 7 nitrogen and oxygen atoms in total. The SMILES string of the molecule is CC(=O)C1=C(O)C(=O)N(CCc2ccccc2)[C@H]1c1ccccc1[N+](=O)[O-]. The molecule has 0 aromatic heterocycles. The van der Waals surface area contributed by atoms with Crippen molar-refractivity contribution in [3.05, 3.63) is 87.2 Å². The van der Waals surface area contributed by atoms with Crippen LogP contribution in [0.15, 0.2) is 65.9 Å². The number of para-hydroxylation sites is 1. The Balaban J connectivity index is 2.03. The van der Waals surface area contributed by atoms with E-state index in [1.165, 1.54) is 30.0 Å². The molecule has 3 rings (SSSR count). The fraction of sp³-hybridized carbons (Fsp3) is 0.200. The molecule has 1 N–H and O–H groups in total. The van der Waals surface area contributed by atoms with Gasteiger partial charge in [-0.3, -0.25) is 19.7 Å². The maximum atomic E-state index is 12.6. The maximum absolute atomic E-state index is 12.6. The number of carbonyl (C=O) groups is 2. The van der Waals surface area contributed by atoms with E-state index in [0.29, 0.717) is 6.42 Å². The summed E-state index contributed by atoms with van der Waals surface area (Å²) >= 11 is 0. The standard InChI is InChI=1S/C20H18N2O5/c1-13(23)17-18(15-9-5-6-10-16(15)22(26)27)21(20(25)19(17)24)12-11-14-7-3-2-4-8-14/h2-10,18,24H,11-12H2,1H3/t18-/m0/s1. The summed E-state index contributed by atoms with van der Waals surface area (Å²) in [6.45, 7) is 1.45. The Morgan fingerprint density at radius 1 is 1.15 bits per heavy atom. The van der Waals surface area contributed by atoms with Gasteiger partial charge in [0.25, 0.3) is 11.6 Å². The van der Waals surface area contributed by atoms with E-state index in [0.717, 1.165) is 5.56 Å². The number of nitro groups is 1. The van der Waals surface area contributed by atoms with Gasteiger partial charge in [0.2, 0.25) is 0 Å². The Labute approximate surface area is 155 Å². The van der Waals surface area contributed by atoms with Gasteiger partial charge in [-0.05, 0) is 25.0 Å². The molecule has 27 heavy (non-hydrogen) atoms. The van der Waals surface area contributed by atoms with Crippen LogP contribution in [0.4, 0.5) is 5.69 Å². The molecule has 1 atom stereocenters. The monoisotopic (exact) mass is 366 g/mol. The molecule has 0 saturated heterocycles. The number of carbonyl (C=O) groups excluding carboxylic acids is 2. The molecule has 7 heteroatoms. The zero-order valence-corrected chi connectivity index (χ0v) is 14.7. The van der Waals surface area contributed by atoms with E-state index in [1.54, 1.807) is 6.07 Å². The quantitative estimate of drug-likeness (QED) is 0.625. The fourth-order valence-electron chi connectivity index (χ4n) is 3.35. The highest BCUT2D eigenvalue weighted by Crippen LogP contribution is 2.41. The zero-order chi connectivity index (χ0) is 19.6. The van der Waals surface area contributed by atoms with Crippen molar-refractivity contribution in [2.75, 3.05) is 6.54 Å². The van der Waals surface area contributed by atoms with Crippen LogP contribution in [0.2, 0.25) is 0 Å². The van der Waals surface area contributed by atoms with Crippen molar-refractivity contribution in [3.8, 4) is 0 Å². The van der Waals surface area contributed by atoms with Crippen LogP contribution in [-0.4, -0.2) is 33.2 Å². The lowest BCUT2D eigenvalue weighted by molar-refractivity contribution is -0.385. The second kappa shape index (κ2) is 7.41. The molecule has 0 radical (unpaired) electrons. The Morgan fingerprint density at radius 2 is 1.78 bits per heavy atom. The number of nitro benzene ring substituents is 1. The minimum absolute atomic E-state index is 0.109. The molecule has 1 aliphatic heterocycles. The number of nitrogens with zero attached hydrogens (tertiary/aromatic N) is 2. The first kappa shape index (κ1) is 18.3. The smallest absolute Gasteiger partial charge is 0.290 e. The number of hydrogen-bond donors (Lipinski definition) is 1. The lowest BCUT2D eigenvalue weighted by atomic mass is 9.95. The average molecular weight is 366 g/mol. The molecule has 0 saturated carbocycles. The van der Waals surface area contributed by atoms with Crippen LogP contribution in [0.3, 0.4) is 0 Å². The Kier molecular flexibility index (Phi) is 5.03. The molecule has 1 aliphatic rings. The van der Waals surface area contributed by atoms with Crippen molar-refractivity contribution in [1.82, 2.24) is 4.90 Å². The van der Waals surface area contributed by atoms with Gasteiger partial charge in [0, 0.05) is 12.6 Å². The number of aliphatic hydroxyl groups excluding tert-OH is 1. The average Bonchev–Trinajstić information content (AvgIpc) is 2.91. The molecule has 0 spiro atoms. The molecule has 0 fully saturated rings. The predicted octanol–water partition coefficient (Wildman–Crippen LogP) is 3.12. The number of amides is 1. The van der Waals surface area contributed by atoms with Crippen LogP contribution >= 0.6 is 0 Å². The number of aliphatic hydroxyl groups is 1. The van der Waals surface area contributed by atoms with Crippen LogP contribution < -0.4 is 0 Å². The number of Topliss-reactive ketones (excluding diaryl/α,β-unsaturated/α-hetero) is 1. The highest BCUT2D eigenvalue weighted by Gasteiger charge is 2.44. The Hall–Kier alpha value is -3.48. The molecule has 0 aliphatic carbocycles. The largest absolute Gasteiger partial charge is 0.503 e. The lowest BCUT2D eigenvalue weighted by Crippen LogP contribution is -2.33. The first-order valence-corrected chi connectivity index (χ1v) is 8.44. The normalized spacial score (nSPS) is 16.7. The minimum Gasteiger partial charge on any atom is -0.503 e. The van der Waals surface area contributed by atoms with Gasteiger partial charge in [-0.15, -0.1) is 0 Å². The van der Waals surface area contributed by atoms with E-state index < -0.39 is 28.4 Å². The molecule has 1 amide bonds. The highest BCUT2D eigenvalue weighted by atomic mass is 16.6. The fourth-order valence-corrected chi connectivity index (χ4v) is 3.35. The summed E-state index contributed by atoms with van der Waals surface area (Å²) < 4.78 is 0. The summed E-state index contributed by atoms with van der Waals surface area (Å²) in [4.78, 5) is 36.9. The van der Waals surface area contributed by atoms with Gasteiger partial charge in [0.15, 0.2) is 11.5 Å². The van der Waals surface area contributed by atoms with Crippen LogP contribution in [0.25, 0.3) is 0 Å². The molecular formula is C20H18N2O5. The number of benzene rings is 2. The summed E-state index contributed by atoms with van der Waals surface area (Å²) in [5, 5.41) is 21.7. The van der Waals surface area contributed by atoms with Gasteiger partial charge >= 0.3 is 0 Å². The van der Waals surface area contributed by atoms with E-state index in [1.807, 2.05) is 30.3 Å². The molecule has 1 heterocycles. The minimum atomic E-state index is -0.986. The third-order valence-corrected chi connectivity index (χ3v) is 4.60. The van der Waals surface area contributed by atoms with Crippen molar-refractivity contribution in [3.63, 3.8) is 0 Å². The van der Waals surface area contributed by atoms with Crippen LogP contribution in [0.1, 0.15) is 24.1 Å². The van der Waals surface area contributed by atoms with E-state index in [9.17, 15) is 24.8 Å². The number of hydrogen-bond acceptors (Lipinski definition) is 5. The van der Waals surface area contributed by atoms with Gasteiger partial charge < -0.3 is 10.0 Å². The van der Waals surface area contributed by atoms with Crippen LogP contribution in [-0.2, 0) is 16.0 Å². The van der Waals surface area contributed by atoms with Crippen molar-refractivity contribution >= 4 is 17.4 Å². The van der Waals surface area contributed by atoms with Gasteiger partial charge in [0.05, 0.1) is 22.1 Å². The maximum Gasteiger partial charge on any atom is 0.290 e. The predicted molar refractivity (Wildman–Crippen MR) is 98.0 cm³/mol. The van der Waals surface area contributed by atoms with E-state index in [2.05, 4.69) is 0 Å². The van der Waals surface area contributed by atoms with E-state index in [-0.39, 0.29) is 23.4 Å². The van der Waals surface area contributed by atoms with E-state index >= 15 is 0 Å². The van der Waals surface area contributed by atoms with Gasteiger partial charge in [-0.1, -0.05) is 42.5 Å². The summed E-state index contributed by atoms with van der Waals surface area (Å²) in [6.07, 6.45) is 0.488. The van der Waals surface area contributed by atoms with Crippen LogP contribution in [0, 0.1) is 10.1 Å². The summed E-state index contributed by atoms with van der Waals surface area (Å²) in [5.41, 5.74) is 0.872. The van der Waals surface area contributed by atoms with Gasteiger partial charge in [0.1, 0.15) is 0 Å². The first-order valence-electron chi connectivity index (χ1n) is 8.44. The van der Waals surface area contributed by atoms with Gasteiger partial charge in [-0.2, -0.15) is 0 Å². The van der Waals surface area contributed by atoms with Crippen LogP contribution in [0.5, 0.6) is 0 Å². The summed E-state index contributed by atoms with van der Waals surface area (Å²) in [5.74, 6) is -1.83. The van der Waals surface area contributed by atoms with E-state index in [4.69, 9.17) is 0 Å². The Bertz CT molecular complexity index is 936. The topological polar surface area (TPSA) is 101 Å². The second-order valence-electron chi connectivity index (χ2n) is 6.27. The molecule has 2 aromatic rings. The third-order valence-electron chi connectivity index (χ3n) is 4.60. The van der Waals surface area contributed by atoms with Crippen molar-refractivity contribution in [2.24, 2.45) is 0 Å². The number of rotatable bonds is 6. The number of ketones is 1. The molecular weight excluding hydrogens is 348 g/mol. The summed E-state index contributed by atoms with van der Waals surface area (Å²) in [6, 6.07) is 14.4. The van der Waals surface area contributed by atoms with Crippen molar-refractivity contribution in [1.29, 1.82) is 0 Å². The highest BCUT2D eigenvalue weighted by molar-refractivity contribution is 6.08. The van der Waals surface area contributed by atoms with Crippen molar-refractivity contribution in [2.45, 2.75) is 19.4 Å². The first-order chi connectivity index (χ1) is 12.9. The van der Waals surface area contributed by atoms with Crippen molar-refractivity contribution < 1.29 is 19.6 Å².